The molecule has 0 N–H and O–H groups in total. The number of hydrogen-bond donors (Lipinski definition) is 0. The van der Waals surface area contributed by atoms with E-state index in [4.69, 9.17) is 4.74 Å². The Morgan fingerprint density at radius 1 is 1.27 bits per heavy atom. The summed E-state index contributed by atoms with van der Waals surface area (Å²) in [6.45, 7) is 6.41. The molecule has 0 unspecified atom stereocenters. The zero-order valence-electron chi connectivity index (χ0n) is 16.1. The molecule has 2 fully saturated rings. The first-order chi connectivity index (χ1) is 12.2. The maximum Gasteiger partial charge on any atom is 0.244 e. The Kier molecular flexibility index (Phi) is 3.77. The van der Waals surface area contributed by atoms with Crippen LogP contribution in [-0.2, 0) is 16.1 Å². The van der Waals surface area contributed by atoms with Crippen molar-refractivity contribution in [3.63, 3.8) is 0 Å². The molecule has 2 bridgehead atoms. The number of benzene rings is 1. The Hall–Kier alpha value is -2.14. The molecule has 3 aliphatic rings. The number of amides is 1. The fourth-order valence-electron chi connectivity index (χ4n) is 4.70. The second-order valence-corrected chi connectivity index (χ2v) is 8.60. The molecule has 0 radical (unpaired) electrons. The zero-order chi connectivity index (χ0) is 18.8. The first-order valence-electron chi connectivity index (χ1n) is 9.19. The van der Waals surface area contributed by atoms with Crippen LogP contribution in [-0.4, -0.2) is 47.7 Å². The van der Waals surface area contributed by atoms with Crippen LogP contribution >= 0.6 is 0 Å². The van der Waals surface area contributed by atoms with Crippen LogP contribution in [0.1, 0.15) is 38.3 Å². The van der Waals surface area contributed by atoms with Crippen LogP contribution in [0.2, 0.25) is 0 Å². The summed E-state index contributed by atoms with van der Waals surface area (Å²) in [5, 5.41) is 0. The summed E-state index contributed by atoms with van der Waals surface area (Å²) >= 11 is 0. The van der Waals surface area contributed by atoms with E-state index in [0.29, 0.717) is 13.0 Å². The topological polar surface area (TPSA) is 49.9 Å². The molecular weight excluding hydrogens is 328 g/mol. The molecule has 1 amide bonds. The lowest BCUT2D eigenvalue weighted by Gasteiger charge is -2.43. The summed E-state index contributed by atoms with van der Waals surface area (Å²) in [5.74, 6) is 0.996. The van der Waals surface area contributed by atoms with Gasteiger partial charge < -0.3 is 9.64 Å². The molecule has 2 saturated heterocycles. The van der Waals surface area contributed by atoms with Crippen molar-refractivity contribution < 1.29 is 14.3 Å². The van der Waals surface area contributed by atoms with Gasteiger partial charge in [-0.2, -0.15) is 0 Å². The Bertz CT molecular complexity index is 821. The number of ether oxygens (including phenoxy) is 1. The third kappa shape index (κ3) is 2.33. The average molecular weight is 354 g/mol. The van der Waals surface area contributed by atoms with Crippen LogP contribution in [0.25, 0.3) is 6.08 Å². The number of carbonyl (C=O) groups excluding carboxylic acids is 2. The van der Waals surface area contributed by atoms with Gasteiger partial charge in [-0.3, -0.25) is 14.5 Å². The number of ketones is 1. The first kappa shape index (κ1) is 17.3. The lowest BCUT2D eigenvalue weighted by Crippen LogP contribution is -2.55. The van der Waals surface area contributed by atoms with Crippen molar-refractivity contribution in [2.45, 2.75) is 45.8 Å². The normalized spacial score (nSPS) is 27.7. The van der Waals surface area contributed by atoms with Crippen molar-refractivity contribution in [1.82, 2.24) is 9.80 Å². The van der Waals surface area contributed by atoms with Crippen LogP contribution < -0.4 is 4.74 Å². The molecule has 5 nitrogen and oxygen atoms in total. The molecule has 0 aromatic heterocycles. The molecule has 26 heavy (non-hydrogen) atoms. The molecule has 1 aromatic rings. The van der Waals surface area contributed by atoms with Crippen molar-refractivity contribution >= 4 is 17.8 Å². The smallest absolute Gasteiger partial charge is 0.244 e. The average Bonchev–Trinajstić information content (AvgIpc) is 2.88. The minimum atomic E-state index is -0.410. The summed E-state index contributed by atoms with van der Waals surface area (Å²) in [6.07, 6.45) is 2.68. The van der Waals surface area contributed by atoms with Crippen molar-refractivity contribution in [3.05, 3.63) is 35.0 Å². The fourth-order valence-corrected chi connectivity index (χ4v) is 4.70. The second kappa shape index (κ2) is 5.68. The predicted octanol–water partition coefficient (Wildman–Crippen LogP) is 2.70. The molecule has 0 spiro atoms. The summed E-state index contributed by atoms with van der Waals surface area (Å²) in [7, 11) is 3.63. The van der Waals surface area contributed by atoms with Gasteiger partial charge in [0.25, 0.3) is 0 Å². The predicted molar refractivity (Wildman–Crippen MR) is 99.4 cm³/mol. The molecular formula is C21H26N2O3. The molecule has 3 atom stereocenters. The SMILES string of the molecule is COc1cccc2c1CN1C(=O)[C@H]3C[C@H](C(=O)C(C)(C)C)[C@@H](C1=C2)N3C. The van der Waals surface area contributed by atoms with Crippen molar-refractivity contribution in [3.8, 4) is 5.75 Å². The quantitative estimate of drug-likeness (QED) is 0.819. The highest BCUT2D eigenvalue weighted by atomic mass is 16.5. The minimum Gasteiger partial charge on any atom is -0.496 e. The number of methoxy groups -OCH3 is 1. The van der Waals surface area contributed by atoms with E-state index in [9.17, 15) is 9.59 Å². The minimum absolute atomic E-state index is 0.0382. The van der Waals surface area contributed by atoms with E-state index in [0.717, 1.165) is 22.6 Å². The molecule has 3 heterocycles. The molecule has 1 aromatic carbocycles. The molecule has 5 heteroatoms. The van der Waals surface area contributed by atoms with Crippen LogP contribution in [0.4, 0.5) is 0 Å². The molecule has 3 aliphatic heterocycles. The van der Waals surface area contributed by atoms with Gasteiger partial charge in [-0.25, -0.2) is 0 Å². The van der Waals surface area contributed by atoms with E-state index < -0.39 is 5.41 Å². The third-order valence-corrected chi connectivity index (χ3v) is 6.04. The number of Topliss-reactive ketones (excluding diaryl/α,β-unsaturated/α-hetero) is 1. The van der Waals surface area contributed by atoms with E-state index in [1.807, 2.05) is 50.9 Å². The van der Waals surface area contributed by atoms with Crippen molar-refractivity contribution in [2.75, 3.05) is 14.2 Å². The second-order valence-electron chi connectivity index (χ2n) is 8.60. The van der Waals surface area contributed by atoms with E-state index >= 15 is 0 Å². The lowest BCUT2D eigenvalue weighted by molar-refractivity contribution is -0.138. The lowest BCUT2D eigenvalue weighted by atomic mass is 9.78. The van der Waals surface area contributed by atoms with Gasteiger partial charge in [-0.05, 0) is 31.2 Å². The van der Waals surface area contributed by atoms with Crippen LogP contribution in [0, 0.1) is 11.3 Å². The Morgan fingerprint density at radius 2 is 2.00 bits per heavy atom. The third-order valence-electron chi connectivity index (χ3n) is 6.04. The van der Waals surface area contributed by atoms with Gasteiger partial charge in [0.1, 0.15) is 11.5 Å². The first-order valence-corrected chi connectivity index (χ1v) is 9.19. The highest BCUT2D eigenvalue weighted by Gasteiger charge is 2.55. The van der Waals surface area contributed by atoms with Crippen molar-refractivity contribution in [2.24, 2.45) is 11.3 Å². The van der Waals surface area contributed by atoms with Gasteiger partial charge in [0.2, 0.25) is 5.91 Å². The number of hydrogen-bond acceptors (Lipinski definition) is 4. The summed E-state index contributed by atoms with van der Waals surface area (Å²) in [5.41, 5.74) is 2.65. The standard InChI is InChI=1S/C21H26N2O3/c1-21(2,3)19(24)13-10-16-20(25)23-11-14-12(7-6-8-17(14)26-5)9-15(23)18(13)22(16)4/h6-9,13,16,18H,10-11H2,1-5H3/t13-,16+,18-/m0/s1. The zero-order valence-corrected chi connectivity index (χ0v) is 16.1. The maximum absolute atomic E-state index is 13.1. The highest BCUT2D eigenvalue weighted by molar-refractivity contribution is 5.94. The number of carbonyl (C=O) groups is 2. The van der Waals surface area contributed by atoms with Gasteiger partial charge >= 0.3 is 0 Å². The molecule has 138 valence electrons. The fraction of sp³-hybridized carbons (Fsp3) is 0.524. The summed E-state index contributed by atoms with van der Waals surface area (Å²) in [4.78, 5) is 30.2. The number of piperazine rings is 1. The van der Waals surface area contributed by atoms with Gasteiger partial charge in [0, 0.05) is 22.6 Å². The van der Waals surface area contributed by atoms with E-state index in [1.165, 1.54) is 0 Å². The summed E-state index contributed by atoms with van der Waals surface area (Å²) < 4.78 is 5.49. The number of rotatable bonds is 2. The van der Waals surface area contributed by atoms with Gasteiger partial charge in [-0.15, -0.1) is 0 Å². The van der Waals surface area contributed by atoms with Crippen LogP contribution in [0.5, 0.6) is 5.75 Å². The van der Waals surface area contributed by atoms with Gasteiger partial charge in [-0.1, -0.05) is 32.9 Å². The van der Waals surface area contributed by atoms with E-state index in [2.05, 4.69) is 11.0 Å². The molecule has 0 aliphatic carbocycles. The molecule has 4 rings (SSSR count). The van der Waals surface area contributed by atoms with E-state index in [-0.39, 0.29) is 29.7 Å². The van der Waals surface area contributed by atoms with Gasteiger partial charge in [0.15, 0.2) is 0 Å². The monoisotopic (exact) mass is 354 g/mol. The van der Waals surface area contributed by atoms with Crippen LogP contribution in [0.3, 0.4) is 0 Å². The largest absolute Gasteiger partial charge is 0.496 e. The number of nitrogens with zero attached hydrogens (tertiary/aromatic N) is 2. The highest BCUT2D eigenvalue weighted by Crippen LogP contribution is 2.46. The number of fused-ring (bicyclic) bond motifs is 5. The molecule has 0 saturated carbocycles. The van der Waals surface area contributed by atoms with E-state index in [1.54, 1.807) is 7.11 Å². The van der Waals surface area contributed by atoms with Crippen molar-refractivity contribution in [1.29, 1.82) is 0 Å². The van der Waals surface area contributed by atoms with Crippen LogP contribution in [0.15, 0.2) is 23.9 Å². The maximum atomic E-state index is 13.1. The Morgan fingerprint density at radius 3 is 2.65 bits per heavy atom. The Labute approximate surface area is 154 Å². The summed E-state index contributed by atoms with van der Waals surface area (Å²) in [6, 6.07) is 5.69. The number of likely N-dealkylation sites (N-methyl/N-ethyl adjacent to an activating group) is 1. The Balaban J connectivity index is 1.82. The van der Waals surface area contributed by atoms with Gasteiger partial charge in [0.05, 0.1) is 25.7 Å².